The molecule has 0 radical (unpaired) electrons. The van der Waals surface area contributed by atoms with Gasteiger partial charge in [0.05, 0.1) is 6.04 Å². The van der Waals surface area contributed by atoms with Crippen LogP contribution in [0.1, 0.15) is 34.1 Å². The van der Waals surface area contributed by atoms with Crippen LogP contribution < -0.4 is 16.4 Å². The zero-order chi connectivity index (χ0) is 12.7. The van der Waals surface area contributed by atoms with E-state index in [1.54, 1.807) is 6.92 Å². The van der Waals surface area contributed by atoms with E-state index in [9.17, 15) is 9.59 Å². The van der Waals surface area contributed by atoms with Gasteiger partial charge in [-0.1, -0.05) is 20.8 Å². The maximum absolute atomic E-state index is 11.6. The molecule has 0 aliphatic rings. The molecule has 0 saturated heterocycles. The molecule has 5 nitrogen and oxygen atoms in total. The molecule has 0 aromatic heterocycles. The predicted octanol–water partition coefficient (Wildman–Crippen LogP) is 0.000600. The Hall–Kier alpha value is -1.10. The zero-order valence-electron chi connectivity index (χ0n) is 10.5. The summed E-state index contributed by atoms with van der Waals surface area (Å²) >= 11 is 0. The highest BCUT2D eigenvalue weighted by Crippen LogP contribution is 1.98. The first-order chi connectivity index (χ1) is 7.40. The molecule has 0 aromatic carbocycles. The maximum atomic E-state index is 11.6. The lowest BCUT2D eigenvalue weighted by Gasteiger charge is -2.19. The van der Waals surface area contributed by atoms with Crippen molar-refractivity contribution >= 4 is 11.8 Å². The summed E-state index contributed by atoms with van der Waals surface area (Å²) in [5, 5.41) is 5.30. The van der Waals surface area contributed by atoms with E-state index in [2.05, 4.69) is 10.6 Å². The fourth-order valence-corrected chi connectivity index (χ4v) is 1.08. The molecule has 1 unspecified atom stereocenters. The largest absolute Gasteiger partial charge is 0.354 e. The quantitative estimate of drug-likeness (QED) is 0.599. The zero-order valence-corrected chi connectivity index (χ0v) is 10.5. The average molecular weight is 229 g/mol. The minimum atomic E-state index is -0.568. The van der Waals surface area contributed by atoms with Crippen LogP contribution in [0.15, 0.2) is 0 Å². The molecule has 2 atom stereocenters. The number of rotatable bonds is 6. The van der Waals surface area contributed by atoms with Crippen molar-refractivity contribution in [2.24, 2.45) is 11.7 Å². The number of carbonyl (C=O) groups excluding carboxylic acids is 2. The van der Waals surface area contributed by atoms with Crippen molar-refractivity contribution in [3.8, 4) is 0 Å². The van der Waals surface area contributed by atoms with E-state index < -0.39 is 12.1 Å². The maximum Gasteiger partial charge on any atom is 0.242 e. The van der Waals surface area contributed by atoms with Crippen molar-refractivity contribution < 1.29 is 9.59 Å². The summed E-state index contributed by atoms with van der Waals surface area (Å²) in [6.45, 7) is 7.97. The Labute approximate surface area is 97.2 Å². The summed E-state index contributed by atoms with van der Waals surface area (Å²) in [5.74, 6) is -0.397. The van der Waals surface area contributed by atoms with Crippen LogP contribution >= 0.6 is 0 Å². The lowest BCUT2D eigenvalue weighted by Crippen LogP contribution is -2.51. The minimum Gasteiger partial charge on any atom is -0.354 e. The van der Waals surface area contributed by atoms with Gasteiger partial charge in [-0.15, -0.1) is 0 Å². The van der Waals surface area contributed by atoms with Gasteiger partial charge in [0.15, 0.2) is 0 Å². The third-order valence-corrected chi connectivity index (χ3v) is 2.32. The Kier molecular flexibility index (Phi) is 6.72. The molecule has 0 aliphatic carbocycles. The van der Waals surface area contributed by atoms with Crippen molar-refractivity contribution in [2.45, 2.75) is 46.2 Å². The highest BCUT2D eigenvalue weighted by Gasteiger charge is 2.21. The summed E-state index contributed by atoms with van der Waals surface area (Å²) in [5.41, 5.74) is 5.66. The molecule has 0 rings (SSSR count). The molecule has 0 saturated carbocycles. The molecule has 16 heavy (non-hydrogen) atoms. The molecule has 2 amide bonds. The van der Waals surface area contributed by atoms with Crippen molar-refractivity contribution in [2.75, 3.05) is 6.54 Å². The second kappa shape index (κ2) is 7.22. The second-order valence-electron chi connectivity index (χ2n) is 4.29. The van der Waals surface area contributed by atoms with Gasteiger partial charge in [0.1, 0.15) is 6.04 Å². The van der Waals surface area contributed by atoms with Crippen LogP contribution in [0.3, 0.4) is 0 Å². The molecule has 5 heteroatoms. The first-order valence-electron chi connectivity index (χ1n) is 5.73. The normalized spacial score (nSPS) is 14.4. The summed E-state index contributed by atoms with van der Waals surface area (Å²) in [4.78, 5) is 23.0. The van der Waals surface area contributed by atoms with Crippen molar-refractivity contribution in [1.29, 1.82) is 0 Å². The highest BCUT2D eigenvalue weighted by atomic mass is 16.2. The van der Waals surface area contributed by atoms with Crippen LogP contribution in [0.4, 0.5) is 0 Å². The summed E-state index contributed by atoms with van der Waals surface area (Å²) in [6.07, 6.45) is 0.873. The Morgan fingerprint density at radius 1 is 1.19 bits per heavy atom. The summed E-state index contributed by atoms with van der Waals surface area (Å²) in [6, 6.07) is -1.11. The predicted molar refractivity (Wildman–Crippen MR) is 63.7 cm³/mol. The van der Waals surface area contributed by atoms with Crippen LogP contribution in [0, 0.1) is 5.92 Å². The number of amides is 2. The van der Waals surface area contributed by atoms with Gasteiger partial charge in [-0.2, -0.15) is 0 Å². The molecule has 0 spiro atoms. The van der Waals surface area contributed by atoms with E-state index in [-0.39, 0.29) is 17.7 Å². The topological polar surface area (TPSA) is 84.2 Å². The van der Waals surface area contributed by atoms with Crippen LogP contribution in [-0.2, 0) is 9.59 Å². The summed E-state index contributed by atoms with van der Waals surface area (Å²) < 4.78 is 0. The Balaban J connectivity index is 4.08. The van der Waals surface area contributed by atoms with Gasteiger partial charge in [0.25, 0.3) is 0 Å². The highest BCUT2D eigenvalue weighted by molar-refractivity contribution is 5.89. The summed E-state index contributed by atoms with van der Waals surface area (Å²) in [7, 11) is 0. The average Bonchev–Trinajstić information content (AvgIpc) is 2.24. The minimum absolute atomic E-state index is 0.0610. The molecule has 0 aliphatic heterocycles. The lowest BCUT2D eigenvalue weighted by atomic mass is 10.0. The van der Waals surface area contributed by atoms with E-state index in [0.29, 0.717) is 6.54 Å². The molecular weight excluding hydrogens is 206 g/mol. The third-order valence-electron chi connectivity index (χ3n) is 2.32. The van der Waals surface area contributed by atoms with Crippen LogP contribution in [-0.4, -0.2) is 30.4 Å². The molecular formula is C11H23N3O2. The molecule has 0 fully saturated rings. The van der Waals surface area contributed by atoms with E-state index in [0.717, 1.165) is 6.42 Å². The SMILES string of the molecule is CCCNC(=O)C(C)NC(=O)[C@H](N)C(C)C. The van der Waals surface area contributed by atoms with Gasteiger partial charge in [0.2, 0.25) is 11.8 Å². The van der Waals surface area contributed by atoms with Crippen molar-refractivity contribution in [1.82, 2.24) is 10.6 Å². The van der Waals surface area contributed by atoms with Gasteiger partial charge >= 0.3 is 0 Å². The first-order valence-corrected chi connectivity index (χ1v) is 5.73. The van der Waals surface area contributed by atoms with Crippen LogP contribution in [0.2, 0.25) is 0 Å². The second-order valence-corrected chi connectivity index (χ2v) is 4.29. The number of hydrogen-bond donors (Lipinski definition) is 3. The smallest absolute Gasteiger partial charge is 0.242 e. The first kappa shape index (κ1) is 14.9. The van der Waals surface area contributed by atoms with E-state index in [4.69, 9.17) is 5.73 Å². The molecule has 0 heterocycles. The molecule has 94 valence electrons. The fourth-order valence-electron chi connectivity index (χ4n) is 1.08. The number of hydrogen-bond acceptors (Lipinski definition) is 3. The number of carbonyl (C=O) groups is 2. The van der Waals surface area contributed by atoms with E-state index in [1.807, 2.05) is 20.8 Å². The Bertz CT molecular complexity index is 241. The van der Waals surface area contributed by atoms with Gasteiger partial charge in [-0.25, -0.2) is 0 Å². The number of nitrogens with two attached hydrogens (primary N) is 1. The third kappa shape index (κ3) is 5.11. The van der Waals surface area contributed by atoms with E-state index in [1.165, 1.54) is 0 Å². The van der Waals surface area contributed by atoms with Gasteiger partial charge in [-0.3, -0.25) is 9.59 Å². The van der Waals surface area contributed by atoms with Crippen molar-refractivity contribution in [3.05, 3.63) is 0 Å². The Morgan fingerprint density at radius 3 is 2.19 bits per heavy atom. The monoisotopic (exact) mass is 229 g/mol. The number of nitrogens with one attached hydrogen (secondary N) is 2. The molecule has 0 bridgehead atoms. The fraction of sp³-hybridized carbons (Fsp3) is 0.818. The van der Waals surface area contributed by atoms with Gasteiger partial charge in [0, 0.05) is 6.54 Å². The van der Waals surface area contributed by atoms with Gasteiger partial charge in [-0.05, 0) is 19.3 Å². The molecule has 4 N–H and O–H groups in total. The standard InChI is InChI=1S/C11H23N3O2/c1-5-6-13-10(15)8(4)14-11(16)9(12)7(2)3/h7-9H,5-6,12H2,1-4H3,(H,13,15)(H,14,16)/t8?,9-/m1/s1. The van der Waals surface area contributed by atoms with Crippen LogP contribution in [0.5, 0.6) is 0 Å². The van der Waals surface area contributed by atoms with Gasteiger partial charge < -0.3 is 16.4 Å². The van der Waals surface area contributed by atoms with Crippen molar-refractivity contribution in [3.63, 3.8) is 0 Å². The van der Waals surface area contributed by atoms with E-state index >= 15 is 0 Å². The molecule has 0 aromatic rings. The Morgan fingerprint density at radius 2 is 1.75 bits per heavy atom. The lowest BCUT2D eigenvalue weighted by molar-refractivity contribution is -0.129. The van der Waals surface area contributed by atoms with Crippen LogP contribution in [0.25, 0.3) is 0 Å².